The van der Waals surface area contributed by atoms with Crippen LogP contribution in [0.25, 0.3) is 0 Å². The summed E-state index contributed by atoms with van der Waals surface area (Å²) in [6, 6.07) is 3.87. The average Bonchev–Trinajstić information content (AvgIpc) is 2.60. The molecule has 0 fully saturated rings. The highest BCUT2D eigenvalue weighted by Crippen LogP contribution is 2.18. The van der Waals surface area contributed by atoms with Gasteiger partial charge in [-0.25, -0.2) is 4.79 Å². The minimum absolute atomic E-state index is 0.229. The molecule has 1 aliphatic rings. The second-order valence-corrected chi connectivity index (χ2v) is 3.31. The third-order valence-electron chi connectivity index (χ3n) is 2.53. The van der Waals surface area contributed by atoms with E-state index in [1.807, 2.05) is 12.1 Å². The first-order valence-electron chi connectivity index (χ1n) is 4.59. The summed E-state index contributed by atoms with van der Waals surface area (Å²) >= 11 is 0. The van der Waals surface area contributed by atoms with E-state index < -0.39 is 0 Å². The lowest BCUT2D eigenvalue weighted by atomic mass is 10.1. The van der Waals surface area contributed by atoms with E-state index in [4.69, 9.17) is 4.74 Å². The molecule has 0 aliphatic carbocycles. The van der Waals surface area contributed by atoms with Crippen molar-refractivity contribution in [3.8, 4) is 0 Å². The fourth-order valence-corrected chi connectivity index (χ4v) is 1.85. The van der Waals surface area contributed by atoms with Crippen molar-refractivity contribution in [3.05, 3.63) is 23.5 Å². The number of aromatic nitrogens is 1. The van der Waals surface area contributed by atoms with E-state index in [2.05, 4.69) is 4.57 Å². The van der Waals surface area contributed by atoms with Crippen LogP contribution in [-0.2, 0) is 17.7 Å². The molecular weight excluding hydrogens is 166 g/mol. The van der Waals surface area contributed by atoms with Gasteiger partial charge >= 0.3 is 5.97 Å². The first-order valence-corrected chi connectivity index (χ1v) is 4.59. The third kappa shape index (κ3) is 1.34. The zero-order valence-corrected chi connectivity index (χ0v) is 7.75. The van der Waals surface area contributed by atoms with Crippen LogP contribution in [0.4, 0.5) is 0 Å². The fraction of sp³-hybridized carbons (Fsp3) is 0.500. The molecule has 0 amide bonds. The number of nitrogens with zero attached hydrogens (tertiary/aromatic N) is 1. The molecule has 1 aromatic rings. The van der Waals surface area contributed by atoms with Crippen molar-refractivity contribution in [2.45, 2.75) is 25.8 Å². The normalized spacial score (nSPS) is 15.2. The van der Waals surface area contributed by atoms with Gasteiger partial charge < -0.3 is 9.30 Å². The Hall–Kier alpha value is -1.25. The molecule has 0 bridgehead atoms. The summed E-state index contributed by atoms with van der Waals surface area (Å²) in [4.78, 5) is 11.3. The molecule has 0 saturated carbocycles. The summed E-state index contributed by atoms with van der Waals surface area (Å²) < 4.78 is 6.77. The molecule has 3 nitrogen and oxygen atoms in total. The van der Waals surface area contributed by atoms with Gasteiger partial charge in [-0.3, -0.25) is 0 Å². The van der Waals surface area contributed by atoms with Crippen LogP contribution in [-0.4, -0.2) is 17.6 Å². The number of methoxy groups -OCH3 is 1. The lowest BCUT2D eigenvalue weighted by Gasteiger charge is -2.16. The van der Waals surface area contributed by atoms with E-state index in [0.29, 0.717) is 5.69 Å². The van der Waals surface area contributed by atoms with Gasteiger partial charge in [0.15, 0.2) is 0 Å². The molecule has 3 heteroatoms. The highest BCUT2D eigenvalue weighted by atomic mass is 16.5. The van der Waals surface area contributed by atoms with Crippen LogP contribution >= 0.6 is 0 Å². The van der Waals surface area contributed by atoms with Crippen LogP contribution in [0.15, 0.2) is 12.1 Å². The molecule has 0 N–H and O–H groups in total. The Morgan fingerprint density at radius 2 is 2.31 bits per heavy atom. The molecule has 2 rings (SSSR count). The number of carbonyl (C=O) groups is 1. The fourth-order valence-electron chi connectivity index (χ4n) is 1.85. The van der Waals surface area contributed by atoms with E-state index in [-0.39, 0.29) is 5.97 Å². The number of esters is 1. The SMILES string of the molecule is COC(=O)c1ccc2n1CCCC2. The molecule has 1 aliphatic heterocycles. The molecule has 0 spiro atoms. The lowest BCUT2D eigenvalue weighted by molar-refractivity contribution is 0.0587. The number of hydrogen-bond donors (Lipinski definition) is 0. The van der Waals surface area contributed by atoms with Crippen molar-refractivity contribution in [1.82, 2.24) is 4.57 Å². The first kappa shape index (κ1) is 8.35. The molecule has 0 unspecified atom stereocenters. The lowest BCUT2D eigenvalue weighted by Crippen LogP contribution is -2.16. The molecule has 13 heavy (non-hydrogen) atoms. The van der Waals surface area contributed by atoms with Crippen LogP contribution in [0, 0.1) is 0 Å². The predicted molar refractivity (Wildman–Crippen MR) is 48.7 cm³/mol. The highest BCUT2D eigenvalue weighted by Gasteiger charge is 2.17. The Morgan fingerprint density at radius 1 is 1.46 bits per heavy atom. The van der Waals surface area contributed by atoms with Crippen LogP contribution in [0.3, 0.4) is 0 Å². The predicted octanol–water partition coefficient (Wildman–Crippen LogP) is 1.61. The van der Waals surface area contributed by atoms with E-state index in [9.17, 15) is 4.79 Å². The summed E-state index contributed by atoms with van der Waals surface area (Å²) in [5.74, 6) is -0.229. The second-order valence-electron chi connectivity index (χ2n) is 3.31. The Morgan fingerprint density at radius 3 is 3.08 bits per heavy atom. The maximum absolute atomic E-state index is 11.3. The summed E-state index contributed by atoms with van der Waals surface area (Å²) in [6.45, 7) is 0.951. The molecule has 0 saturated heterocycles. The number of aryl methyl sites for hydroxylation is 1. The quantitative estimate of drug-likeness (QED) is 0.613. The highest BCUT2D eigenvalue weighted by molar-refractivity contribution is 5.87. The smallest absolute Gasteiger partial charge is 0.354 e. The largest absolute Gasteiger partial charge is 0.464 e. The van der Waals surface area contributed by atoms with Crippen LogP contribution < -0.4 is 0 Å². The molecule has 70 valence electrons. The summed E-state index contributed by atoms with van der Waals surface area (Å²) in [7, 11) is 1.42. The van der Waals surface area contributed by atoms with Gasteiger partial charge in [-0.2, -0.15) is 0 Å². The molecule has 1 aromatic heterocycles. The topological polar surface area (TPSA) is 31.2 Å². The standard InChI is InChI=1S/C10H13NO2/c1-13-10(12)9-6-5-8-4-2-3-7-11(8)9/h5-6H,2-4,7H2,1H3. The van der Waals surface area contributed by atoms with Gasteiger partial charge in [0.1, 0.15) is 5.69 Å². The van der Waals surface area contributed by atoms with Crippen molar-refractivity contribution >= 4 is 5.97 Å². The van der Waals surface area contributed by atoms with Gasteiger partial charge in [-0.15, -0.1) is 0 Å². The molecule has 0 atom stereocenters. The van der Waals surface area contributed by atoms with Crippen LogP contribution in [0.1, 0.15) is 29.0 Å². The summed E-state index contributed by atoms with van der Waals surface area (Å²) in [6.07, 6.45) is 3.47. The second kappa shape index (κ2) is 3.24. The Bertz CT molecular complexity index is 328. The number of ether oxygens (including phenoxy) is 1. The molecule has 2 heterocycles. The van der Waals surface area contributed by atoms with Gasteiger partial charge in [-0.05, 0) is 31.4 Å². The van der Waals surface area contributed by atoms with Gasteiger partial charge in [0.05, 0.1) is 7.11 Å². The van der Waals surface area contributed by atoms with E-state index in [1.54, 1.807) is 0 Å². The maximum atomic E-state index is 11.3. The summed E-state index contributed by atoms with van der Waals surface area (Å²) in [5.41, 5.74) is 1.95. The van der Waals surface area contributed by atoms with Gasteiger partial charge in [-0.1, -0.05) is 0 Å². The van der Waals surface area contributed by atoms with E-state index in [0.717, 1.165) is 19.4 Å². The molecule has 0 radical (unpaired) electrons. The number of fused-ring (bicyclic) bond motifs is 1. The first-order chi connectivity index (χ1) is 6.33. The van der Waals surface area contributed by atoms with Gasteiger partial charge in [0.25, 0.3) is 0 Å². The molecule has 0 aromatic carbocycles. The van der Waals surface area contributed by atoms with Crippen LogP contribution in [0.5, 0.6) is 0 Å². The van der Waals surface area contributed by atoms with E-state index >= 15 is 0 Å². The van der Waals surface area contributed by atoms with Crippen molar-refractivity contribution in [1.29, 1.82) is 0 Å². The van der Waals surface area contributed by atoms with E-state index in [1.165, 1.54) is 19.2 Å². The van der Waals surface area contributed by atoms with Crippen molar-refractivity contribution < 1.29 is 9.53 Å². The van der Waals surface area contributed by atoms with Crippen LogP contribution in [0.2, 0.25) is 0 Å². The minimum Gasteiger partial charge on any atom is -0.464 e. The van der Waals surface area contributed by atoms with Crippen molar-refractivity contribution in [2.75, 3.05) is 7.11 Å². The minimum atomic E-state index is -0.229. The Labute approximate surface area is 77.3 Å². The Kier molecular flexibility index (Phi) is 2.08. The van der Waals surface area contributed by atoms with Crippen molar-refractivity contribution in [3.63, 3.8) is 0 Å². The number of hydrogen-bond acceptors (Lipinski definition) is 2. The summed E-state index contributed by atoms with van der Waals surface area (Å²) in [5, 5.41) is 0. The Balaban J connectivity index is 2.36. The van der Waals surface area contributed by atoms with Crippen molar-refractivity contribution in [2.24, 2.45) is 0 Å². The molecular formula is C10H13NO2. The third-order valence-corrected chi connectivity index (χ3v) is 2.53. The zero-order chi connectivity index (χ0) is 9.26. The zero-order valence-electron chi connectivity index (χ0n) is 7.75. The number of carbonyl (C=O) groups excluding carboxylic acids is 1. The number of rotatable bonds is 1. The van der Waals surface area contributed by atoms with Gasteiger partial charge in [0.2, 0.25) is 0 Å². The van der Waals surface area contributed by atoms with Gasteiger partial charge in [0, 0.05) is 12.2 Å². The average molecular weight is 179 g/mol. The maximum Gasteiger partial charge on any atom is 0.354 e. The monoisotopic (exact) mass is 179 g/mol.